The minimum absolute atomic E-state index is 0.0887. The van der Waals surface area contributed by atoms with Gasteiger partial charge in [-0.15, -0.1) is 0 Å². The molecule has 5 rings (SSSR count). The fourth-order valence-corrected chi connectivity index (χ4v) is 5.00. The van der Waals surface area contributed by atoms with Crippen molar-refractivity contribution in [1.29, 1.82) is 0 Å². The van der Waals surface area contributed by atoms with Crippen LogP contribution in [0, 0.1) is 0 Å². The van der Waals surface area contributed by atoms with E-state index in [4.69, 9.17) is 14.5 Å². The third kappa shape index (κ3) is 3.56. The van der Waals surface area contributed by atoms with E-state index in [0.29, 0.717) is 46.7 Å². The standard InChI is InChI=1S/C28H26N2O6/c1-4-7-8-9-24(31)36-16-10-11-22-18(12-16)17(5-2)19-14-30-23(25(19)29-22)13-21-20(26(30)32)15-35-27(33)28(21,34)6-3/h4,7-13,34H,5-6,14-15H2,1-3H3/b7-4+,9-8+/t28-/m0/s1. The van der Waals surface area contributed by atoms with Gasteiger partial charge in [0.05, 0.1) is 29.0 Å². The lowest BCUT2D eigenvalue weighted by Gasteiger charge is -2.31. The summed E-state index contributed by atoms with van der Waals surface area (Å²) in [7, 11) is 0. The Bertz CT molecular complexity index is 1550. The highest BCUT2D eigenvalue weighted by atomic mass is 16.6. The Kier molecular flexibility index (Phi) is 5.84. The predicted molar refractivity (Wildman–Crippen MR) is 133 cm³/mol. The first-order valence-electron chi connectivity index (χ1n) is 12.0. The number of aryl methyl sites for hydroxylation is 1. The van der Waals surface area contributed by atoms with Crippen LogP contribution in [0.15, 0.2) is 53.4 Å². The second kappa shape index (κ2) is 8.87. The quantitative estimate of drug-likeness (QED) is 0.198. The first-order valence-corrected chi connectivity index (χ1v) is 12.0. The van der Waals surface area contributed by atoms with Crippen LogP contribution in [0.3, 0.4) is 0 Å². The van der Waals surface area contributed by atoms with E-state index in [-0.39, 0.29) is 18.6 Å². The average Bonchev–Trinajstić information content (AvgIpc) is 3.24. The maximum Gasteiger partial charge on any atom is 0.343 e. The minimum atomic E-state index is -1.87. The number of hydrogen-bond donors (Lipinski definition) is 1. The zero-order valence-corrected chi connectivity index (χ0v) is 20.3. The largest absolute Gasteiger partial charge is 0.458 e. The molecule has 8 heteroatoms. The van der Waals surface area contributed by atoms with E-state index in [1.807, 2.05) is 19.9 Å². The Hall–Kier alpha value is -4.04. The van der Waals surface area contributed by atoms with Crippen LogP contribution in [0.25, 0.3) is 22.3 Å². The molecule has 0 saturated heterocycles. The third-order valence-corrected chi connectivity index (χ3v) is 6.89. The molecule has 2 aliphatic rings. The second-order valence-electron chi connectivity index (χ2n) is 8.86. The monoisotopic (exact) mass is 486 g/mol. The van der Waals surface area contributed by atoms with Crippen molar-refractivity contribution in [3.8, 4) is 17.1 Å². The van der Waals surface area contributed by atoms with Gasteiger partial charge in [0.15, 0.2) is 5.60 Å². The molecule has 0 fully saturated rings. The molecule has 184 valence electrons. The van der Waals surface area contributed by atoms with Crippen molar-refractivity contribution in [3.63, 3.8) is 0 Å². The zero-order chi connectivity index (χ0) is 25.6. The number of aromatic nitrogens is 2. The summed E-state index contributed by atoms with van der Waals surface area (Å²) in [6.07, 6.45) is 7.27. The molecule has 1 atom stereocenters. The lowest BCUT2D eigenvalue weighted by molar-refractivity contribution is -0.172. The predicted octanol–water partition coefficient (Wildman–Crippen LogP) is 3.68. The van der Waals surface area contributed by atoms with E-state index in [1.54, 1.807) is 47.9 Å². The highest BCUT2D eigenvalue weighted by molar-refractivity contribution is 5.91. The number of pyridine rings is 2. The maximum atomic E-state index is 13.4. The molecule has 1 aromatic carbocycles. The van der Waals surface area contributed by atoms with E-state index in [0.717, 1.165) is 16.5 Å². The van der Waals surface area contributed by atoms with E-state index in [9.17, 15) is 19.5 Å². The van der Waals surface area contributed by atoms with Gasteiger partial charge in [-0.05, 0) is 49.6 Å². The number of carbonyl (C=O) groups is 2. The Morgan fingerprint density at radius 1 is 1.22 bits per heavy atom. The summed E-state index contributed by atoms with van der Waals surface area (Å²) in [5, 5.41) is 11.9. The Balaban J connectivity index is 1.64. The molecule has 0 saturated carbocycles. The number of carbonyl (C=O) groups excluding carboxylic acids is 2. The van der Waals surface area contributed by atoms with E-state index >= 15 is 0 Å². The topological polar surface area (TPSA) is 108 Å². The van der Waals surface area contributed by atoms with Crippen molar-refractivity contribution in [2.45, 2.75) is 52.4 Å². The van der Waals surface area contributed by atoms with Gasteiger partial charge < -0.3 is 19.1 Å². The Labute approximate surface area is 207 Å². The van der Waals surface area contributed by atoms with Crippen LogP contribution in [0.4, 0.5) is 0 Å². The van der Waals surface area contributed by atoms with Gasteiger partial charge in [0.2, 0.25) is 0 Å². The maximum absolute atomic E-state index is 13.4. The lowest BCUT2D eigenvalue weighted by Crippen LogP contribution is -2.44. The summed E-state index contributed by atoms with van der Waals surface area (Å²) in [5.74, 6) is -0.825. The molecule has 1 N–H and O–H groups in total. The molecule has 0 amide bonds. The fourth-order valence-electron chi connectivity index (χ4n) is 5.00. The summed E-state index contributed by atoms with van der Waals surface area (Å²) in [6, 6.07) is 6.97. The summed E-state index contributed by atoms with van der Waals surface area (Å²) < 4.78 is 12.2. The smallest absolute Gasteiger partial charge is 0.343 e. The minimum Gasteiger partial charge on any atom is -0.458 e. The number of hydrogen-bond acceptors (Lipinski definition) is 7. The van der Waals surface area contributed by atoms with Crippen molar-refractivity contribution in [1.82, 2.24) is 9.55 Å². The zero-order valence-electron chi connectivity index (χ0n) is 20.3. The fraction of sp³-hybridized carbons (Fsp3) is 0.286. The molecule has 3 aromatic rings. The summed E-state index contributed by atoms with van der Waals surface area (Å²) >= 11 is 0. The SMILES string of the molecule is C/C=C/C=C/C(=O)Oc1ccc2nc3c(c(CC)c2c1)Cn1c-3cc2c(c1=O)COC(=O)[C@]2(O)CC. The third-order valence-electron chi connectivity index (χ3n) is 6.89. The molecular formula is C28H26N2O6. The molecule has 4 heterocycles. The first-order chi connectivity index (χ1) is 17.3. The van der Waals surface area contributed by atoms with Crippen LogP contribution >= 0.6 is 0 Å². The van der Waals surface area contributed by atoms with Gasteiger partial charge in [-0.25, -0.2) is 14.6 Å². The van der Waals surface area contributed by atoms with Gasteiger partial charge in [0.1, 0.15) is 12.4 Å². The molecule has 0 radical (unpaired) electrons. The van der Waals surface area contributed by atoms with Gasteiger partial charge in [0.25, 0.3) is 5.56 Å². The highest BCUT2D eigenvalue weighted by Gasteiger charge is 2.45. The van der Waals surface area contributed by atoms with Gasteiger partial charge in [-0.2, -0.15) is 0 Å². The Morgan fingerprint density at radius 3 is 2.75 bits per heavy atom. The normalized spacial score (nSPS) is 18.4. The van der Waals surface area contributed by atoms with E-state index in [2.05, 4.69) is 0 Å². The number of esters is 2. The average molecular weight is 487 g/mol. The summed E-state index contributed by atoms with van der Waals surface area (Å²) in [5.41, 5.74) is 2.22. The number of fused-ring (bicyclic) bond motifs is 5. The lowest BCUT2D eigenvalue weighted by atomic mass is 9.86. The molecule has 36 heavy (non-hydrogen) atoms. The van der Waals surface area contributed by atoms with E-state index < -0.39 is 17.5 Å². The number of nitrogens with zero attached hydrogens (tertiary/aromatic N) is 2. The van der Waals surface area contributed by atoms with Gasteiger partial charge in [-0.3, -0.25) is 4.79 Å². The molecule has 0 bridgehead atoms. The van der Waals surface area contributed by atoms with Crippen molar-refractivity contribution >= 4 is 22.8 Å². The number of allylic oxidation sites excluding steroid dienone is 3. The van der Waals surface area contributed by atoms with Gasteiger partial charge >= 0.3 is 11.9 Å². The summed E-state index contributed by atoms with van der Waals surface area (Å²) in [6.45, 7) is 5.70. The van der Waals surface area contributed by atoms with Crippen molar-refractivity contribution < 1.29 is 24.2 Å². The van der Waals surface area contributed by atoms with Crippen molar-refractivity contribution in [2.24, 2.45) is 0 Å². The number of aliphatic hydroxyl groups is 1. The van der Waals surface area contributed by atoms with Gasteiger partial charge in [0, 0.05) is 22.6 Å². The van der Waals surface area contributed by atoms with Crippen LogP contribution in [0.1, 0.15) is 49.4 Å². The van der Waals surface area contributed by atoms with Crippen molar-refractivity contribution in [3.05, 3.63) is 81.2 Å². The summed E-state index contributed by atoms with van der Waals surface area (Å²) in [4.78, 5) is 42.8. The van der Waals surface area contributed by atoms with Crippen LogP contribution < -0.4 is 10.3 Å². The number of cyclic esters (lactones) is 1. The van der Waals surface area contributed by atoms with Crippen LogP contribution in [-0.4, -0.2) is 26.6 Å². The molecule has 2 aliphatic heterocycles. The molecule has 0 unspecified atom stereocenters. The molecule has 2 aromatic heterocycles. The number of ether oxygens (including phenoxy) is 2. The van der Waals surface area contributed by atoms with Crippen molar-refractivity contribution in [2.75, 3.05) is 0 Å². The molecular weight excluding hydrogens is 460 g/mol. The number of rotatable bonds is 5. The van der Waals surface area contributed by atoms with Crippen LogP contribution in [-0.2, 0) is 39.5 Å². The number of benzene rings is 1. The highest BCUT2D eigenvalue weighted by Crippen LogP contribution is 2.40. The first kappa shape index (κ1) is 23.7. The Morgan fingerprint density at radius 2 is 2.03 bits per heavy atom. The van der Waals surface area contributed by atoms with Gasteiger partial charge in [-0.1, -0.05) is 32.1 Å². The molecule has 0 aliphatic carbocycles. The molecule has 8 nitrogen and oxygen atoms in total. The van der Waals surface area contributed by atoms with Crippen LogP contribution in [0.5, 0.6) is 5.75 Å². The van der Waals surface area contributed by atoms with E-state index in [1.165, 1.54) is 6.08 Å². The van der Waals surface area contributed by atoms with Crippen LogP contribution in [0.2, 0.25) is 0 Å². The second-order valence-corrected chi connectivity index (χ2v) is 8.86. The molecule has 0 spiro atoms.